The molecule has 0 saturated carbocycles. The zero-order chi connectivity index (χ0) is 15.9. The molecule has 0 aliphatic carbocycles. The van der Waals surface area contributed by atoms with E-state index in [9.17, 15) is 17.6 Å². The van der Waals surface area contributed by atoms with Crippen LogP contribution in [0.15, 0.2) is 52.2 Å². The molecule has 0 bridgehead atoms. The fourth-order valence-electron chi connectivity index (χ4n) is 2.13. The maximum Gasteiger partial charge on any atom is 0.259 e. The molecule has 1 aromatic heterocycles. The summed E-state index contributed by atoms with van der Waals surface area (Å²) in [7, 11) is -3.49. The van der Waals surface area contributed by atoms with Crippen LogP contribution in [0, 0.1) is 5.82 Å². The molecule has 2 aromatic carbocycles. The number of sulfone groups is 1. The Hall–Kier alpha value is -2.54. The SMILES string of the molecule is CS(=O)(=O)c1ccc(F)c(-c2nc3ccccc3c(=O)[nH]2)c1. The lowest BCUT2D eigenvalue weighted by molar-refractivity contribution is 0.600. The van der Waals surface area contributed by atoms with E-state index in [1.54, 1.807) is 24.3 Å². The number of nitrogens with zero attached hydrogens (tertiary/aromatic N) is 1. The first-order chi connectivity index (χ1) is 10.4. The van der Waals surface area contributed by atoms with E-state index in [1.165, 1.54) is 6.07 Å². The summed E-state index contributed by atoms with van der Waals surface area (Å²) in [6.07, 6.45) is 1.03. The van der Waals surface area contributed by atoms with Crippen LogP contribution in [0.4, 0.5) is 4.39 Å². The Labute approximate surface area is 125 Å². The largest absolute Gasteiger partial charge is 0.306 e. The van der Waals surface area contributed by atoms with Gasteiger partial charge in [0.1, 0.15) is 11.6 Å². The zero-order valence-electron chi connectivity index (χ0n) is 11.5. The average molecular weight is 318 g/mol. The summed E-state index contributed by atoms with van der Waals surface area (Å²) < 4.78 is 37.2. The highest BCUT2D eigenvalue weighted by Gasteiger charge is 2.15. The number of rotatable bonds is 2. The van der Waals surface area contributed by atoms with Crippen LogP contribution in [-0.2, 0) is 9.84 Å². The molecule has 112 valence electrons. The second-order valence-corrected chi connectivity index (χ2v) is 6.86. The number of para-hydroxylation sites is 1. The van der Waals surface area contributed by atoms with Gasteiger partial charge in [0.05, 0.1) is 21.4 Å². The van der Waals surface area contributed by atoms with Gasteiger partial charge in [-0.05, 0) is 30.3 Å². The minimum atomic E-state index is -3.49. The third-order valence-corrected chi connectivity index (χ3v) is 4.34. The van der Waals surface area contributed by atoms with Gasteiger partial charge in [-0.25, -0.2) is 17.8 Å². The van der Waals surface area contributed by atoms with Crippen molar-refractivity contribution in [2.75, 3.05) is 6.26 Å². The van der Waals surface area contributed by atoms with E-state index < -0.39 is 21.2 Å². The Bertz CT molecular complexity index is 1040. The van der Waals surface area contributed by atoms with Gasteiger partial charge in [0.15, 0.2) is 9.84 Å². The van der Waals surface area contributed by atoms with Crippen molar-refractivity contribution in [1.82, 2.24) is 9.97 Å². The molecule has 22 heavy (non-hydrogen) atoms. The minimum absolute atomic E-state index is 0.00769. The predicted molar refractivity (Wildman–Crippen MR) is 80.9 cm³/mol. The number of halogens is 1. The number of hydrogen-bond acceptors (Lipinski definition) is 4. The molecule has 1 N–H and O–H groups in total. The van der Waals surface area contributed by atoms with Crippen LogP contribution < -0.4 is 5.56 Å². The van der Waals surface area contributed by atoms with Gasteiger partial charge in [-0.1, -0.05) is 12.1 Å². The van der Waals surface area contributed by atoms with E-state index in [1.807, 2.05) is 0 Å². The standard InChI is InChI=1S/C15H11FN2O3S/c1-22(20,21)9-6-7-12(16)11(8-9)14-17-13-5-3-2-4-10(13)15(19)18-14/h2-8H,1H3,(H,17,18,19). The molecule has 7 heteroatoms. The van der Waals surface area contributed by atoms with Crippen LogP contribution in [0.25, 0.3) is 22.3 Å². The smallest absolute Gasteiger partial charge is 0.259 e. The molecule has 0 aliphatic rings. The first kappa shape index (κ1) is 14.4. The van der Waals surface area contributed by atoms with Crippen molar-refractivity contribution in [3.05, 3.63) is 58.6 Å². The molecular formula is C15H11FN2O3S. The van der Waals surface area contributed by atoms with Crippen molar-refractivity contribution in [2.24, 2.45) is 0 Å². The Morgan fingerprint density at radius 1 is 1.14 bits per heavy atom. The minimum Gasteiger partial charge on any atom is -0.306 e. The molecule has 0 spiro atoms. The number of nitrogens with one attached hydrogen (secondary N) is 1. The lowest BCUT2D eigenvalue weighted by Crippen LogP contribution is -2.10. The summed E-state index contributed by atoms with van der Waals surface area (Å²) in [5.74, 6) is -0.669. The van der Waals surface area contributed by atoms with E-state index in [-0.39, 0.29) is 16.3 Å². The van der Waals surface area contributed by atoms with E-state index in [2.05, 4.69) is 9.97 Å². The normalized spacial score (nSPS) is 11.7. The Morgan fingerprint density at radius 3 is 2.59 bits per heavy atom. The zero-order valence-corrected chi connectivity index (χ0v) is 12.3. The van der Waals surface area contributed by atoms with Crippen molar-refractivity contribution in [2.45, 2.75) is 4.90 Å². The highest BCUT2D eigenvalue weighted by atomic mass is 32.2. The second-order valence-electron chi connectivity index (χ2n) is 4.85. The van der Waals surface area contributed by atoms with E-state index >= 15 is 0 Å². The van der Waals surface area contributed by atoms with Gasteiger partial charge in [-0.2, -0.15) is 0 Å². The summed E-state index contributed by atoms with van der Waals surface area (Å²) in [4.78, 5) is 18.7. The van der Waals surface area contributed by atoms with Gasteiger partial charge in [-0.3, -0.25) is 4.79 Å². The third kappa shape index (κ3) is 2.50. The fraction of sp³-hybridized carbons (Fsp3) is 0.0667. The third-order valence-electron chi connectivity index (χ3n) is 3.23. The summed E-state index contributed by atoms with van der Waals surface area (Å²) in [5.41, 5.74) is -0.0686. The Kier molecular flexibility index (Phi) is 3.29. The van der Waals surface area contributed by atoms with Crippen LogP contribution in [0.2, 0.25) is 0 Å². The highest BCUT2D eigenvalue weighted by Crippen LogP contribution is 2.23. The highest BCUT2D eigenvalue weighted by molar-refractivity contribution is 7.90. The van der Waals surface area contributed by atoms with Crippen LogP contribution >= 0.6 is 0 Å². The van der Waals surface area contributed by atoms with Crippen molar-refractivity contribution in [3.63, 3.8) is 0 Å². The van der Waals surface area contributed by atoms with Crippen LogP contribution in [0.5, 0.6) is 0 Å². The first-order valence-electron chi connectivity index (χ1n) is 6.35. The number of H-pyrrole nitrogens is 1. The summed E-state index contributed by atoms with van der Waals surface area (Å²) in [6.45, 7) is 0. The van der Waals surface area contributed by atoms with Crippen LogP contribution in [-0.4, -0.2) is 24.6 Å². The maximum absolute atomic E-state index is 14.0. The van der Waals surface area contributed by atoms with Crippen molar-refractivity contribution >= 4 is 20.7 Å². The maximum atomic E-state index is 14.0. The van der Waals surface area contributed by atoms with Gasteiger partial charge in [-0.15, -0.1) is 0 Å². The summed E-state index contributed by atoms with van der Waals surface area (Å²) in [5, 5.41) is 0.380. The molecule has 0 saturated heterocycles. The van der Waals surface area contributed by atoms with E-state index in [4.69, 9.17) is 0 Å². The first-order valence-corrected chi connectivity index (χ1v) is 8.24. The predicted octanol–water partition coefficient (Wildman–Crippen LogP) is 2.13. The van der Waals surface area contributed by atoms with Gasteiger partial charge in [0.2, 0.25) is 0 Å². The molecule has 1 heterocycles. The van der Waals surface area contributed by atoms with E-state index in [0.717, 1.165) is 18.4 Å². The number of aromatic nitrogens is 2. The molecule has 0 unspecified atom stereocenters. The van der Waals surface area contributed by atoms with Crippen molar-refractivity contribution < 1.29 is 12.8 Å². The number of fused-ring (bicyclic) bond motifs is 1. The molecule has 5 nitrogen and oxygen atoms in total. The molecular weight excluding hydrogens is 307 g/mol. The molecule has 0 fully saturated rings. The average Bonchev–Trinajstić information content (AvgIpc) is 2.46. The molecule has 0 atom stereocenters. The van der Waals surface area contributed by atoms with Gasteiger partial charge in [0, 0.05) is 6.26 Å². The molecule has 3 rings (SSSR count). The lowest BCUT2D eigenvalue weighted by Gasteiger charge is -2.06. The molecule has 3 aromatic rings. The van der Waals surface area contributed by atoms with Crippen molar-refractivity contribution in [3.8, 4) is 11.4 Å². The quantitative estimate of drug-likeness (QED) is 0.734. The fourth-order valence-corrected chi connectivity index (χ4v) is 2.78. The molecule has 0 amide bonds. The van der Waals surface area contributed by atoms with Crippen LogP contribution in [0.3, 0.4) is 0 Å². The number of benzene rings is 2. The Morgan fingerprint density at radius 2 is 1.86 bits per heavy atom. The summed E-state index contributed by atoms with van der Waals surface area (Å²) in [6, 6.07) is 10.0. The van der Waals surface area contributed by atoms with Crippen molar-refractivity contribution in [1.29, 1.82) is 0 Å². The topological polar surface area (TPSA) is 79.9 Å². The molecule has 0 radical (unpaired) electrons. The second kappa shape index (κ2) is 5.03. The Balaban J connectivity index is 2.30. The molecule has 0 aliphatic heterocycles. The number of hydrogen-bond donors (Lipinski definition) is 1. The monoisotopic (exact) mass is 318 g/mol. The lowest BCUT2D eigenvalue weighted by atomic mass is 10.2. The van der Waals surface area contributed by atoms with Gasteiger partial charge in [0.25, 0.3) is 5.56 Å². The van der Waals surface area contributed by atoms with Crippen LogP contribution in [0.1, 0.15) is 0 Å². The van der Waals surface area contributed by atoms with Gasteiger partial charge < -0.3 is 4.98 Å². The number of aromatic amines is 1. The van der Waals surface area contributed by atoms with E-state index in [0.29, 0.717) is 10.9 Å². The summed E-state index contributed by atoms with van der Waals surface area (Å²) >= 11 is 0. The van der Waals surface area contributed by atoms with Gasteiger partial charge >= 0.3 is 0 Å².